The minimum atomic E-state index is -6.23. The van der Waals surface area contributed by atoms with Crippen molar-refractivity contribution < 1.29 is 52.7 Å². The second-order valence-electron chi connectivity index (χ2n) is 6.48. The van der Waals surface area contributed by atoms with Crippen LogP contribution in [-0.2, 0) is 29.6 Å². The number of nitrogens with zero attached hydrogens (tertiary/aromatic N) is 2. The molecule has 8 nitrogen and oxygen atoms in total. The zero-order chi connectivity index (χ0) is 22.0. The number of sulfonamides is 2. The summed E-state index contributed by atoms with van der Waals surface area (Å²) in [6.45, 7) is 0. The van der Waals surface area contributed by atoms with E-state index in [1.807, 2.05) is 0 Å². The van der Waals surface area contributed by atoms with E-state index in [4.69, 9.17) is 0 Å². The topological polar surface area (TPSA) is 101 Å². The van der Waals surface area contributed by atoms with E-state index in [1.165, 1.54) is 0 Å². The normalized spacial score (nSPS) is 22.9. The van der Waals surface area contributed by atoms with Crippen molar-refractivity contribution in [2.75, 3.05) is 0 Å². The number of hydrogen-bond donors (Lipinski definition) is 0. The van der Waals surface area contributed by atoms with Gasteiger partial charge in [0, 0.05) is 12.4 Å². The zero-order valence-electron chi connectivity index (χ0n) is 14.1. The summed E-state index contributed by atoms with van der Waals surface area (Å²) in [5.74, 6) is -2.74. The summed E-state index contributed by atoms with van der Waals surface area (Å²) in [7, 11) is -12.4. The molecule has 3 aliphatic rings. The number of carbonyl (C=O) groups is 1. The van der Waals surface area contributed by atoms with Gasteiger partial charge in [-0.2, -0.15) is 43.2 Å². The average molecular weight is 470 g/mol. The first kappa shape index (κ1) is 21.7. The summed E-state index contributed by atoms with van der Waals surface area (Å²) in [6.07, 6.45) is 0.529. The van der Waals surface area contributed by atoms with E-state index in [1.54, 1.807) is 0 Å². The molecule has 0 radical (unpaired) electrons. The number of ether oxygens (including phenoxy) is 1. The summed E-state index contributed by atoms with van der Waals surface area (Å²) in [6, 6.07) is 0. The van der Waals surface area contributed by atoms with Crippen molar-refractivity contribution in [1.29, 1.82) is 0 Å². The fourth-order valence-electron chi connectivity index (χ4n) is 3.46. The van der Waals surface area contributed by atoms with E-state index in [2.05, 4.69) is 4.74 Å². The van der Waals surface area contributed by atoms with Crippen LogP contribution in [0.5, 0.6) is 0 Å². The Kier molecular flexibility index (Phi) is 4.69. The molecule has 16 heteroatoms. The number of rotatable bonds is 2. The molecule has 0 aromatic carbocycles. The lowest BCUT2D eigenvalue weighted by Gasteiger charge is -2.37. The lowest BCUT2D eigenvalue weighted by molar-refractivity contribution is -0.148. The van der Waals surface area contributed by atoms with Crippen LogP contribution in [0.1, 0.15) is 32.1 Å². The first-order chi connectivity index (χ1) is 13.1. The molecular weight excluding hydrogens is 458 g/mol. The highest BCUT2D eigenvalue weighted by atomic mass is 32.2. The van der Waals surface area contributed by atoms with E-state index in [-0.39, 0.29) is 38.1 Å². The van der Waals surface area contributed by atoms with Gasteiger partial charge in [-0.3, -0.25) is 4.79 Å². The van der Waals surface area contributed by atoms with Gasteiger partial charge in [0.15, 0.2) is 0 Å². The van der Waals surface area contributed by atoms with E-state index in [9.17, 15) is 48.0 Å². The lowest BCUT2D eigenvalue weighted by atomic mass is 9.72. The minimum Gasteiger partial charge on any atom is -0.405 e. The Morgan fingerprint density at radius 3 is 1.76 bits per heavy atom. The van der Waals surface area contributed by atoms with E-state index < -0.39 is 62.6 Å². The van der Waals surface area contributed by atoms with E-state index in [0.717, 1.165) is 0 Å². The molecular formula is C13H12F6N2O6S2. The first-order valence-corrected chi connectivity index (χ1v) is 10.8. The predicted octanol–water partition coefficient (Wildman–Crippen LogP) is 2.45. The van der Waals surface area contributed by atoms with Crippen molar-refractivity contribution in [1.82, 2.24) is 8.61 Å². The highest BCUT2D eigenvalue weighted by molar-refractivity contribution is 7.90. The van der Waals surface area contributed by atoms with Crippen molar-refractivity contribution in [2.24, 2.45) is 5.41 Å². The summed E-state index contributed by atoms with van der Waals surface area (Å²) < 4.78 is 130. The van der Waals surface area contributed by atoms with Crippen LogP contribution in [0.4, 0.5) is 26.3 Å². The van der Waals surface area contributed by atoms with Crippen LogP contribution in [0.15, 0.2) is 24.0 Å². The van der Waals surface area contributed by atoms with Gasteiger partial charge < -0.3 is 4.74 Å². The molecule has 0 saturated heterocycles. The molecule has 0 bridgehead atoms. The van der Waals surface area contributed by atoms with Crippen LogP contribution >= 0.6 is 0 Å². The standard InChI is InChI=1S/C13H12F6N2O6S2/c14-12(15,16)28(23,24)20-6-7-21(29(25,26)13(17,18)19)9-8(20)11(10(22)27-9)4-2-1-3-5-11/h6-7H,1-5H2. The first-order valence-electron chi connectivity index (χ1n) is 7.94. The summed E-state index contributed by atoms with van der Waals surface area (Å²) in [5.41, 5.74) is -14.9. The Bertz CT molecular complexity index is 1010. The van der Waals surface area contributed by atoms with Crippen LogP contribution < -0.4 is 0 Å². The Morgan fingerprint density at radius 2 is 1.28 bits per heavy atom. The molecule has 0 atom stereocenters. The van der Waals surface area contributed by atoms with Crippen molar-refractivity contribution in [2.45, 2.75) is 43.1 Å². The molecule has 0 amide bonds. The molecule has 0 N–H and O–H groups in total. The largest absolute Gasteiger partial charge is 0.517 e. The molecule has 0 aromatic heterocycles. The lowest BCUT2D eigenvalue weighted by Crippen LogP contribution is -2.47. The molecule has 29 heavy (non-hydrogen) atoms. The Labute approximate surface area is 160 Å². The number of esters is 1. The molecule has 0 aromatic rings. The summed E-state index contributed by atoms with van der Waals surface area (Å²) in [5, 5.41) is 0. The second-order valence-corrected chi connectivity index (χ2v) is 10.1. The number of hydrogen-bond acceptors (Lipinski definition) is 6. The SMILES string of the molecule is O=C1OC2=C(N(S(=O)(=O)C(F)(F)F)C=CN2S(=O)(=O)C(F)(F)F)C12CCCCC2. The van der Waals surface area contributed by atoms with Crippen molar-refractivity contribution in [3.05, 3.63) is 24.0 Å². The Hall–Kier alpha value is -1.97. The van der Waals surface area contributed by atoms with Gasteiger partial charge in [-0.25, -0.2) is 8.61 Å². The van der Waals surface area contributed by atoms with Gasteiger partial charge >= 0.3 is 37.0 Å². The van der Waals surface area contributed by atoms with Crippen LogP contribution in [-0.4, -0.2) is 42.4 Å². The van der Waals surface area contributed by atoms with Gasteiger partial charge in [-0.1, -0.05) is 19.3 Å². The van der Waals surface area contributed by atoms with Crippen LogP contribution in [0.25, 0.3) is 0 Å². The van der Waals surface area contributed by atoms with Gasteiger partial charge in [-0.15, -0.1) is 0 Å². The highest BCUT2D eigenvalue weighted by Crippen LogP contribution is 2.54. The molecule has 1 saturated carbocycles. The Balaban J connectivity index is 2.28. The van der Waals surface area contributed by atoms with Gasteiger partial charge in [0.1, 0.15) is 11.1 Å². The third kappa shape index (κ3) is 2.98. The van der Waals surface area contributed by atoms with Crippen LogP contribution in [0.3, 0.4) is 0 Å². The zero-order valence-corrected chi connectivity index (χ0v) is 15.8. The molecule has 2 aliphatic heterocycles. The highest BCUT2D eigenvalue weighted by Gasteiger charge is 2.63. The van der Waals surface area contributed by atoms with Crippen molar-refractivity contribution >= 4 is 26.0 Å². The quantitative estimate of drug-likeness (QED) is 0.454. The summed E-state index contributed by atoms with van der Waals surface area (Å²) in [4.78, 5) is 12.5. The number of alkyl halides is 6. The molecule has 0 unspecified atom stereocenters. The third-order valence-electron chi connectivity index (χ3n) is 4.80. The molecule has 2 heterocycles. The second kappa shape index (κ2) is 6.26. The number of carbonyl (C=O) groups excluding carboxylic acids is 1. The maximum Gasteiger partial charge on any atom is 0.517 e. The molecule has 1 spiro atoms. The fraction of sp³-hybridized carbons (Fsp3) is 0.615. The number of fused-ring (bicyclic) bond motifs is 1. The summed E-state index contributed by atoms with van der Waals surface area (Å²) >= 11 is 0. The average Bonchev–Trinajstić information content (AvgIpc) is 2.85. The maximum absolute atomic E-state index is 13.1. The van der Waals surface area contributed by atoms with Crippen LogP contribution in [0, 0.1) is 5.41 Å². The fourth-order valence-corrected chi connectivity index (χ4v) is 5.17. The smallest absolute Gasteiger partial charge is 0.405 e. The molecule has 1 aliphatic carbocycles. The van der Waals surface area contributed by atoms with Gasteiger partial charge in [-0.05, 0) is 12.8 Å². The molecule has 1 fully saturated rings. The van der Waals surface area contributed by atoms with Gasteiger partial charge in [0.05, 0.1) is 0 Å². The van der Waals surface area contributed by atoms with Gasteiger partial charge in [0.2, 0.25) is 5.88 Å². The number of halogens is 6. The van der Waals surface area contributed by atoms with E-state index in [0.29, 0.717) is 6.42 Å². The van der Waals surface area contributed by atoms with Crippen molar-refractivity contribution in [3.8, 4) is 0 Å². The Morgan fingerprint density at radius 1 is 0.828 bits per heavy atom. The van der Waals surface area contributed by atoms with Crippen molar-refractivity contribution in [3.63, 3.8) is 0 Å². The molecule has 164 valence electrons. The third-order valence-corrected chi connectivity index (χ3v) is 7.60. The van der Waals surface area contributed by atoms with Crippen LogP contribution in [0.2, 0.25) is 0 Å². The van der Waals surface area contributed by atoms with E-state index >= 15 is 0 Å². The minimum absolute atomic E-state index is 0.0171. The predicted molar refractivity (Wildman–Crippen MR) is 81.4 cm³/mol. The monoisotopic (exact) mass is 470 g/mol. The van der Waals surface area contributed by atoms with Gasteiger partial charge in [0.25, 0.3) is 0 Å². The maximum atomic E-state index is 13.1. The molecule has 3 rings (SSSR count).